The van der Waals surface area contributed by atoms with Crippen molar-refractivity contribution >= 4 is 39.1 Å². The minimum Gasteiger partial charge on any atom is -0.374 e. The smallest absolute Gasteiger partial charge is 0.226 e. The molecule has 2 aliphatic rings. The monoisotopic (exact) mass is 476 g/mol. The van der Waals surface area contributed by atoms with E-state index in [0.717, 1.165) is 58.8 Å². The largest absolute Gasteiger partial charge is 0.374 e. The number of hydrogen-bond donors (Lipinski definition) is 4. The second-order valence-corrected chi connectivity index (χ2v) is 10.1. The fourth-order valence-electron chi connectivity index (χ4n) is 5.44. The summed E-state index contributed by atoms with van der Waals surface area (Å²) >= 11 is 1.61. The highest BCUT2D eigenvalue weighted by molar-refractivity contribution is 7.16. The summed E-state index contributed by atoms with van der Waals surface area (Å²) in [7, 11) is 0. The molecule has 2 saturated heterocycles. The Kier molecular flexibility index (Phi) is 5.64. The van der Waals surface area contributed by atoms with Crippen molar-refractivity contribution in [1.82, 2.24) is 30.0 Å². The van der Waals surface area contributed by atoms with Crippen molar-refractivity contribution in [2.75, 3.05) is 10.6 Å². The number of aromatic amines is 1. The fraction of sp³-hybridized carbons (Fsp3) is 0.417. The molecule has 0 radical (unpaired) electrons. The molecular formula is C24H28N8OS. The molecule has 2 aliphatic heterocycles. The van der Waals surface area contributed by atoms with Crippen molar-refractivity contribution in [3.8, 4) is 0 Å². The zero-order chi connectivity index (χ0) is 23.1. The fourth-order valence-corrected chi connectivity index (χ4v) is 6.20. The van der Waals surface area contributed by atoms with Crippen molar-refractivity contribution in [1.29, 1.82) is 0 Å². The Morgan fingerprint density at radius 3 is 2.79 bits per heavy atom. The van der Waals surface area contributed by atoms with Crippen LogP contribution in [0.15, 0.2) is 42.0 Å². The van der Waals surface area contributed by atoms with Gasteiger partial charge in [-0.3, -0.25) is 15.0 Å². The molecule has 34 heavy (non-hydrogen) atoms. The van der Waals surface area contributed by atoms with Crippen LogP contribution < -0.4 is 10.6 Å². The molecule has 0 spiro atoms. The molecule has 176 valence electrons. The quantitative estimate of drug-likeness (QED) is 0.325. The number of aromatic nitrogens is 5. The highest BCUT2D eigenvalue weighted by Gasteiger charge is 2.42. The maximum Gasteiger partial charge on any atom is 0.226 e. The van der Waals surface area contributed by atoms with Crippen molar-refractivity contribution < 1.29 is 5.11 Å². The molecule has 1 unspecified atom stereocenters. The van der Waals surface area contributed by atoms with Gasteiger partial charge in [0.1, 0.15) is 16.9 Å². The molecule has 0 amide bonds. The molecular weight excluding hydrogens is 448 g/mol. The van der Waals surface area contributed by atoms with Crippen LogP contribution in [0.2, 0.25) is 0 Å². The molecule has 4 atom stereocenters. The number of pyridine rings is 1. The first-order chi connectivity index (χ1) is 16.6. The van der Waals surface area contributed by atoms with E-state index < -0.39 is 6.23 Å². The molecule has 4 N–H and O–H groups in total. The Morgan fingerprint density at radius 2 is 2.06 bits per heavy atom. The normalized spacial score (nSPS) is 23.6. The van der Waals surface area contributed by atoms with Gasteiger partial charge in [-0.2, -0.15) is 10.1 Å². The Hall–Kier alpha value is -3.08. The average molecular weight is 477 g/mol. The number of aliphatic hydroxyl groups is 1. The first-order valence-electron chi connectivity index (χ1n) is 11.8. The maximum absolute atomic E-state index is 11.1. The molecule has 0 saturated carbocycles. The number of aliphatic hydroxyl groups excluding tert-OH is 1. The molecule has 4 aromatic rings. The number of aryl methyl sites for hydroxylation is 1. The predicted molar refractivity (Wildman–Crippen MR) is 133 cm³/mol. The number of H-pyrrole nitrogens is 1. The van der Waals surface area contributed by atoms with E-state index in [9.17, 15) is 5.11 Å². The number of hydrogen-bond acceptors (Lipinski definition) is 9. The zero-order valence-corrected chi connectivity index (χ0v) is 19.8. The van der Waals surface area contributed by atoms with Crippen LogP contribution in [0.1, 0.15) is 49.6 Å². The lowest BCUT2D eigenvalue weighted by Crippen LogP contribution is -2.56. The highest BCUT2D eigenvalue weighted by atomic mass is 32.1. The molecule has 0 aromatic carbocycles. The minimum absolute atomic E-state index is 0.255. The van der Waals surface area contributed by atoms with E-state index in [1.807, 2.05) is 36.6 Å². The standard InChI is InChI=1S/C24H28N8OS/c1-14-10-20(31-30-14)27-21-19-7-9-34-22(19)29-24(28-21)26-16-11-17-5-2-6-18(12-16)32(17)23(33)15-4-3-8-25-13-15/h3-4,7-10,13,16-18,23,33H,2,5-6,11-12H2,1H3,(H3,26,27,28,29,30,31)/t16-,17-,18+,23?. The first kappa shape index (κ1) is 21.5. The van der Waals surface area contributed by atoms with Gasteiger partial charge in [0.25, 0.3) is 0 Å². The van der Waals surface area contributed by atoms with E-state index >= 15 is 0 Å². The molecule has 10 heteroatoms. The molecule has 2 bridgehead atoms. The molecule has 9 nitrogen and oxygen atoms in total. The number of anilines is 3. The van der Waals surface area contributed by atoms with Crippen LogP contribution in [0.4, 0.5) is 17.6 Å². The highest BCUT2D eigenvalue weighted by Crippen LogP contribution is 2.40. The van der Waals surface area contributed by atoms with Gasteiger partial charge in [-0.25, -0.2) is 4.98 Å². The van der Waals surface area contributed by atoms with Gasteiger partial charge in [-0.15, -0.1) is 11.3 Å². The minimum atomic E-state index is -0.614. The van der Waals surface area contributed by atoms with E-state index in [1.165, 1.54) is 6.42 Å². The summed E-state index contributed by atoms with van der Waals surface area (Å²) in [5.74, 6) is 2.13. The van der Waals surface area contributed by atoms with Crippen LogP contribution in [-0.4, -0.2) is 53.3 Å². The summed E-state index contributed by atoms with van der Waals surface area (Å²) in [5.41, 5.74) is 1.85. The Balaban J connectivity index is 1.22. The van der Waals surface area contributed by atoms with Crippen LogP contribution in [-0.2, 0) is 0 Å². The number of piperidine rings is 2. The molecule has 0 aliphatic carbocycles. The Bertz CT molecular complexity index is 1260. The molecule has 6 rings (SSSR count). The number of rotatable bonds is 6. The lowest BCUT2D eigenvalue weighted by atomic mass is 9.81. The predicted octanol–water partition coefficient (Wildman–Crippen LogP) is 4.35. The number of thiophene rings is 1. The van der Waals surface area contributed by atoms with E-state index in [-0.39, 0.29) is 6.04 Å². The molecule has 6 heterocycles. The maximum atomic E-state index is 11.1. The summed E-state index contributed by atoms with van der Waals surface area (Å²) in [6, 6.07) is 8.72. The molecule has 2 fully saturated rings. The second kappa shape index (κ2) is 8.94. The van der Waals surface area contributed by atoms with Gasteiger partial charge < -0.3 is 15.7 Å². The SMILES string of the molecule is Cc1cc(Nc2nc(N[C@@H]3C[C@H]4CCC[C@@H](C3)N4C(O)c3cccnc3)nc3sccc23)n[nH]1. The summed E-state index contributed by atoms with van der Waals surface area (Å²) in [6.07, 6.45) is 8.16. The molecule has 4 aromatic heterocycles. The van der Waals surface area contributed by atoms with Gasteiger partial charge >= 0.3 is 0 Å². The summed E-state index contributed by atoms with van der Waals surface area (Å²) in [5, 5.41) is 28.4. The summed E-state index contributed by atoms with van der Waals surface area (Å²) in [4.78, 5) is 17.0. The third-order valence-corrected chi connectivity index (χ3v) is 7.71. The zero-order valence-electron chi connectivity index (χ0n) is 19.0. The van der Waals surface area contributed by atoms with Crippen LogP contribution in [0.5, 0.6) is 0 Å². The van der Waals surface area contributed by atoms with Crippen molar-refractivity contribution in [2.24, 2.45) is 0 Å². The van der Waals surface area contributed by atoms with Crippen molar-refractivity contribution in [3.05, 3.63) is 53.3 Å². The van der Waals surface area contributed by atoms with E-state index in [2.05, 4.69) is 30.7 Å². The number of fused-ring (bicyclic) bond motifs is 3. The number of nitrogens with zero attached hydrogens (tertiary/aromatic N) is 5. The first-order valence-corrected chi connectivity index (χ1v) is 12.7. The van der Waals surface area contributed by atoms with E-state index in [4.69, 9.17) is 9.97 Å². The number of nitrogens with one attached hydrogen (secondary N) is 3. The van der Waals surface area contributed by atoms with Crippen LogP contribution in [0, 0.1) is 6.92 Å². The van der Waals surface area contributed by atoms with Gasteiger partial charge in [0.15, 0.2) is 5.82 Å². The van der Waals surface area contributed by atoms with Crippen molar-refractivity contribution in [2.45, 2.75) is 63.4 Å². The van der Waals surface area contributed by atoms with Gasteiger partial charge in [0.05, 0.1) is 5.39 Å². The van der Waals surface area contributed by atoms with E-state index in [0.29, 0.717) is 18.0 Å². The lowest BCUT2D eigenvalue weighted by Gasteiger charge is -2.50. The summed E-state index contributed by atoms with van der Waals surface area (Å²) in [6.45, 7) is 1.97. The second-order valence-electron chi connectivity index (χ2n) is 9.25. The van der Waals surface area contributed by atoms with Crippen LogP contribution in [0.3, 0.4) is 0 Å². The third-order valence-electron chi connectivity index (χ3n) is 6.91. The average Bonchev–Trinajstić information content (AvgIpc) is 3.47. The Labute approximate surface area is 201 Å². The third kappa shape index (κ3) is 4.13. The van der Waals surface area contributed by atoms with Gasteiger partial charge in [-0.05, 0) is 50.1 Å². The lowest BCUT2D eigenvalue weighted by molar-refractivity contribution is -0.0973. The van der Waals surface area contributed by atoms with Gasteiger partial charge in [0, 0.05) is 47.8 Å². The Morgan fingerprint density at radius 1 is 1.21 bits per heavy atom. The topological polar surface area (TPSA) is 115 Å². The van der Waals surface area contributed by atoms with E-state index in [1.54, 1.807) is 23.7 Å². The van der Waals surface area contributed by atoms with Gasteiger partial charge in [-0.1, -0.05) is 12.5 Å². The van der Waals surface area contributed by atoms with Crippen LogP contribution in [0.25, 0.3) is 10.2 Å². The van der Waals surface area contributed by atoms with Crippen molar-refractivity contribution in [3.63, 3.8) is 0 Å². The van der Waals surface area contributed by atoms with Crippen LogP contribution >= 0.6 is 11.3 Å². The summed E-state index contributed by atoms with van der Waals surface area (Å²) < 4.78 is 0. The van der Waals surface area contributed by atoms with Gasteiger partial charge in [0.2, 0.25) is 5.95 Å².